The number of anilines is 2. The van der Waals surface area contributed by atoms with Gasteiger partial charge in [-0.3, -0.25) is 0 Å². The Bertz CT molecular complexity index is 478. The summed E-state index contributed by atoms with van der Waals surface area (Å²) < 4.78 is 42.9. The van der Waals surface area contributed by atoms with Crippen LogP contribution in [0.3, 0.4) is 0 Å². The number of aromatic nitrogens is 1. The minimum Gasteiger partial charge on any atom is -0.464 e. The lowest BCUT2D eigenvalue weighted by molar-refractivity contribution is -0.143. The third kappa shape index (κ3) is 4.29. The summed E-state index contributed by atoms with van der Waals surface area (Å²) in [6.07, 6.45) is -4.49. The Hall–Kier alpha value is -1.99. The highest BCUT2D eigenvalue weighted by atomic mass is 19.4. The van der Waals surface area contributed by atoms with Crippen molar-refractivity contribution < 1.29 is 22.7 Å². The van der Waals surface area contributed by atoms with Gasteiger partial charge in [0.15, 0.2) is 0 Å². The lowest BCUT2D eigenvalue weighted by atomic mass is 10.2. The molecular formula is C12H16F3N3O2. The van der Waals surface area contributed by atoms with Gasteiger partial charge in [-0.2, -0.15) is 13.2 Å². The Balaban J connectivity index is 2.97. The van der Waals surface area contributed by atoms with E-state index >= 15 is 0 Å². The van der Waals surface area contributed by atoms with Crippen LogP contribution in [0.1, 0.15) is 19.4 Å². The van der Waals surface area contributed by atoms with E-state index < -0.39 is 23.8 Å². The zero-order valence-corrected chi connectivity index (χ0v) is 11.3. The Labute approximate surface area is 114 Å². The van der Waals surface area contributed by atoms with Crippen molar-refractivity contribution in [3.63, 3.8) is 0 Å². The SMILES string of the molecule is CCOC(=O)C(C)Nc1cc(C(F)(F)F)cc(NC)n1. The molecule has 0 amide bonds. The van der Waals surface area contributed by atoms with Crippen molar-refractivity contribution >= 4 is 17.6 Å². The van der Waals surface area contributed by atoms with Crippen molar-refractivity contribution in [1.82, 2.24) is 4.98 Å². The summed E-state index contributed by atoms with van der Waals surface area (Å²) in [4.78, 5) is 15.4. The highest BCUT2D eigenvalue weighted by Gasteiger charge is 2.32. The molecule has 0 radical (unpaired) electrons. The third-order valence-corrected chi connectivity index (χ3v) is 2.41. The zero-order valence-electron chi connectivity index (χ0n) is 11.3. The molecule has 1 rings (SSSR count). The van der Waals surface area contributed by atoms with E-state index in [1.165, 1.54) is 14.0 Å². The molecule has 1 aromatic rings. The summed E-state index contributed by atoms with van der Waals surface area (Å²) in [5.41, 5.74) is -0.851. The first-order valence-electron chi connectivity index (χ1n) is 5.98. The molecule has 1 unspecified atom stereocenters. The Kier molecular flexibility index (Phi) is 5.18. The molecule has 0 aliphatic rings. The van der Waals surface area contributed by atoms with Crippen LogP contribution in [0.25, 0.3) is 0 Å². The molecule has 8 heteroatoms. The molecular weight excluding hydrogens is 275 g/mol. The first-order valence-corrected chi connectivity index (χ1v) is 5.98. The van der Waals surface area contributed by atoms with Crippen LogP contribution in [0.5, 0.6) is 0 Å². The molecule has 0 bridgehead atoms. The first-order chi connectivity index (χ1) is 9.27. The van der Waals surface area contributed by atoms with Gasteiger partial charge in [-0.1, -0.05) is 0 Å². The largest absolute Gasteiger partial charge is 0.464 e. The van der Waals surface area contributed by atoms with Crippen LogP contribution in [0, 0.1) is 0 Å². The van der Waals surface area contributed by atoms with Crippen LogP contribution in [0.15, 0.2) is 12.1 Å². The molecule has 1 aromatic heterocycles. The fraction of sp³-hybridized carbons (Fsp3) is 0.500. The minimum atomic E-state index is -4.49. The lowest BCUT2D eigenvalue weighted by Gasteiger charge is -2.16. The number of halogens is 3. The van der Waals surface area contributed by atoms with Crippen LogP contribution in [-0.4, -0.2) is 30.6 Å². The normalized spacial score (nSPS) is 12.7. The van der Waals surface area contributed by atoms with Crippen molar-refractivity contribution in [2.24, 2.45) is 0 Å². The van der Waals surface area contributed by atoms with Gasteiger partial charge in [0.1, 0.15) is 17.7 Å². The van der Waals surface area contributed by atoms with Gasteiger partial charge >= 0.3 is 12.1 Å². The number of carbonyl (C=O) groups is 1. The summed E-state index contributed by atoms with van der Waals surface area (Å²) in [7, 11) is 1.46. The lowest BCUT2D eigenvalue weighted by Crippen LogP contribution is -2.28. The van der Waals surface area contributed by atoms with E-state index in [2.05, 4.69) is 15.6 Å². The number of ether oxygens (including phenoxy) is 1. The summed E-state index contributed by atoms with van der Waals surface area (Å²) in [5, 5.41) is 5.13. The second-order valence-corrected chi connectivity index (χ2v) is 3.99. The van der Waals surface area contributed by atoms with E-state index in [0.29, 0.717) is 0 Å². The average Bonchev–Trinajstić information content (AvgIpc) is 2.37. The second-order valence-electron chi connectivity index (χ2n) is 3.99. The summed E-state index contributed by atoms with van der Waals surface area (Å²) in [6, 6.07) is 0.937. The molecule has 0 aliphatic carbocycles. The van der Waals surface area contributed by atoms with Crippen LogP contribution >= 0.6 is 0 Å². The van der Waals surface area contributed by atoms with Crippen molar-refractivity contribution in [2.75, 3.05) is 24.3 Å². The average molecular weight is 291 g/mol. The van der Waals surface area contributed by atoms with Crippen molar-refractivity contribution in [2.45, 2.75) is 26.1 Å². The number of hydrogen-bond acceptors (Lipinski definition) is 5. The quantitative estimate of drug-likeness (QED) is 0.816. The number of alkyl halides is 3. The second kappa shape index (κ2) is 6.44. The van der Waals surface area contributed by atoms with Crippen molar-refractivity contribution in [3.05, 3.63) is 17.7 Å². The van der Waals surface area contributed by atoms with E-state index in [1.54, 1.807) is 6.92 Å². The molecule has 20 heavy (non-hydrogen) atoms. The van der Waals surface area contributed by atoms with E-state index in [-0.39, 0.29) is 18.2 Å². The van der Waals surface area contributed by atoms with E-state index in [4.69, 9.17) is 4.74 Å². The molecule has 0 aliphatic heterocycles. The molecule has 2 N–H and O–H groups in total. The Morgan fingerprint density at radius 2 is 2.00 bits per heavy atom. The number of pyridine rings is 1. The van der Waals surface area contributed by atoms with Gasteiger partial charge in [0.05, 0.1) is 12.2 Å². The fourth-order valence-corrected chi connectivity index (χ4v) is 1.44. The number of hydrogen-bond donors (Lipinski definition) is 2. The van der Waals surface area contributed by atoms with Crippen LogP contribution < -0.4 is 10.6 Å². The third-order valence-electron chi connectivity index (χ3n) is 2.41. The summed E-state index contributed by atoms with van der Waals surface area (Å²) in [5.74, 6) is -0.555. The zero-order chi connectivity index (χ0) is 15.3. The standard InChI is InChI=1S/C12H16F3N3O2/c1-4-20-11(19)7(2)17-10-6-8(12(13,14)15)5-9(16-3)18-10/h5-7H,4H2,1-3H3,(H2,16,17,18). The monoisotopic (exact) mass is 291 g/mol. The van der Waals surface area contributed by atoms with Gasteiger partial charge in [0, 0.05) is 7.05 Å². The van der Waals surface area contributed by atoms with Gasteiger partial charge < -0.3 is 15.4 Å². The maximum absolute atomic E-state index is 12.7. The number of carbonyl (C=O) groups excluding carboxylic acids is 1. The van der Waals surface area contributed by atoms with Crippen molar-refractivity contribution in [1.29, 1.82) is 0 Å². The molecule has 112 valence electrons. The van der Waals surface area contributed by atoms with Gasteiger partial charge in [-0.25, -0.2) is 9.78 Å². The molecule has 5 nitrogen and oxygen atoms in total. The molecule has 0 saturated heterocycles. The maximum atomic E-state index is 12.7. The van der Waals surface area contributed by atoms with E-state index in [1.807, 2.05) is 0 Å². The van der Waals surface area contributed by atoms with Gasteiger partial charge in [-0.15, -0.1) is 0 Å². The topological polar surface area (TPSA) is 63.2 Å². The molecule has 0 aromatic carbocycles. The maximum Gasteiger partial charge on any atom is 0.416 e. The first kappa shape index (κ1) is 16.1. The van der Waals surface area contributed by atoms with Crippen LogP contribution in [0.4, 0.5) is 24.8 Å². The Morgan fingerprint density at radius 1 is 1.40 bits per heavy atom. The molecule has 1 atom stereocenters. The Morgan fingerprint density at radius 3 is 2.50 bits per heavy atom. The van der Waals surface area contributed by atoms with Crippen molar-refractivity contribution in [3.8, 4) is 0 Å². The van der Waals surface area contributed by atoms with Crippen LogP contribution in [-0.2, 0) is 15.7 Å². The van der Waals surface area contributed by atoms with E-state index in [9.17, 15) is 18.0 Å². The van der Waals surface area contributed by atoms with Crippen LogP contribution in [0.2, 0.25) is 0 Å². The van der Waals surface area contributed by atoms with E-state index in [0.717, 1.165) is 12.1 Å². The molecule has 1 heterocycles. The number of nitrogens with one attached hydrogen (secondary N) is 2. The fourth-order valence-electron chi connectivity index (χ4n) is 1.44. The summed E-state index contributed by atoms with van der Waals surface area (Å²) in [6.45, 7) is 3.33. The van der Waals surface area contributed by atoms with Gasteiger partial charge in [0.2, 0.25) is 0 Å². The number of nitrogens with zero attached hydrogens (tertiary/aromatic N) is 1. The predicted molar refractivity (Wildman–Crippen MR) is 68.5 cm³/mol. The van der Waals surface area contributed by atoms with Gasteiger partial charge in [0.25, 0.3) is 0 Å². The summed E-state index contributed by atoms with van der Waals surface area (Å²) >= 11 is 0. The predicted octanol–water partition coefficient (Wildman–Crippen LogP) is 2.51. The smallest absolute Gasteiger partial charge is 0.416 e. The number of esters is 1. The molecule has 0 spiro atoms. The highest BCUT2D eigenvalue weighted by molar-refractivity contribution is 5.78. The highest BCUT2D eigenvalue weighted by Crippen LogP contribution is 2.32. The number of rotatable bonds is 5. The van der Waals surface area contributed by atoms with Gasteiger partial charge in [-0.05, 0) is 26.0 Å². The minimum absolute atomic E-state index is 0.0512. The molecule has 0 saturated carbocycles. The molecule has 0 fully saturated rings.